The molecule has 0 spiro atoms. The van der Waals surface area contributed by atoms with Crippen LogP contribution in [0, 0.1) is 0 Å². The molecule has 1 aliphatic heterocycles. The van der Waals surface area contributed by atoms with Crippen molar-refractivity contribution in [2.75, 3.05) is 25.4 Å². The van der Waals surface area contributed by atoms with Gasteiger partial charge in [-0.3, -0.25) is 4.79 Å². The minimum atomic E-state index is -0.205. The largest absolute Gasteiger partial charge is 0.392 e. The fourth-order valence-corrected chi connectivity index (χ4v) is 2.06. The van der Waals surface area contributed by atoms with Crippen molar-refractivity contribution >= 4 is 18.0 Å². The number of likely N-dealkylation sites (tertiary alicyclic amines) is 1. The molecule has 0 N–H and O–H groups in total. The molecule has 3 nitrogen and oxygen atoms in total. The molecule has 1 rings (SSSR count). The summed E-state index contributed by atoms with van der Waals surface area (Å²) in [5.74, 6) is 0.684. The van der Waals surface area contributed by atoms with E-state index in [9.17, 15) is 4.79 Å². The van der Waals surface area contributed by atoms with E-state index in [0.29, 0.717) is 0 Å². The van der Waals surface area contributed by atoms with Gasteiger partial charge in [0.05, 0.1) is 12.0 Å². The number of carbonyl (C=O) groups is 1. The second kappa shape index (κ2) is 6.27. The summed E-state index contributed by atoms with van der Waals surface area (Å²) in [6.07, 6.45) is 4.00. The predicted octanol–water partition coefficient (Wildman–Crippen LogP) is 1.68. The lowest BCUT2D eigenvalue weighted by molar-refractivity contribution is -0.130. The maximum absolute atomic E-state index is 10.4. The Kier molecular flexibility index (Phi) is 5.23. The summed E-state index contributed by atoms with van der Waals surface area (Å²) in [7, 11) is 0. The molecule has 0 aromatic carbocycles. The maximum atomic E-state index is 10.4. The molecule has 0 amide bonds. The molecule has 0 aromatic rings. The molecule has 1 heterocycles. The lowest BCUT2D eigenvalue weighted by Crippen LogP contribution is -2.31. The summed E-state index contributed by atoms with van der Waals surface area (Å²) in [6.45, 7) is 4.90. The van der Waals surface area contributed by atoms with Gasteiger partial charge in [0.15, 0.2) is 0 Å². The van der Waals surface area contributed by atoms with Gasteiger partial charge in [-0.15, -0.1) is 0 Å². The molecule has 0 aliphatic carbocycles. The minimum Gasteiger partial charge on any atom is -0.392 e. The van der Waals surface area contributed by atoms with Crippen LogP contribution in [0.3, 0.4) is 0 Å². The Morgan fingerprint density at radius 2 is 2.08 bits per heavy atom. The Labute approximate surface area is 84.0 Å². The highest BCUT2D eigenvalue weighted by Gasteiger charge is 2.09. The van der Waals surface area contributed by atoms with Crippen LogP contribution in [0.1, 0.15) is 26.2 Å². The minimum absolute atomic E-state index is 0.205. The van der Waals surface area contributed by atoms with Crippen LogP contribution in [0.15, 0.2) is 0 Å². The van der Waals surface area contributed by atoms with E-state index in [1.165, 1.54) is 51.3 Å². The monoisotopic (exact) mass is 203 g/mol. The molecule has 0 bridgehead atoms. The smallest absolute Gasteiger partial charge is 0.314 e. The third kappa shape index (κ3) is 5.16. The number of hydrogen-bond donors (Lipinski definition) is 0. The van der Waals surface area contributed by atoms with Crippen molar-refractivity contribution in [3.63, 3.8) is 0 Å². The topological polar surface area (TPSA) is 29.5 Å². The summed E-state index contributed by atoms with van der Waals surface area (Å²) in [5.41, 5.74) is 0. The molecule has 13 heavy (non-hydrogen) atoms. The van der Waals surface area contributed by atoms with E-state index >= 15 is 0 Å². The van der Waals surface area contributed by atoms with E-state index in [2.05, 4.69) is 4.90 Å². The summed E-state index contributed by atoms with van der Waals surface area (Å²) in [6, 6.07) is 0. The van der Waals surface area contributed by atoms with E-state index in [4.69, 9.17) is 4.18 Å². The Bertz CT molecular complexity index is 158. The molecule has 1 fully saturated rings. The molecule has 0 aromatic heterocycles. The van der Waals surface area contributed by atoms with Gasteiger partial charge in [-0.05, 0) is 25.9 Å². The number of rotatable bonds is 4. The van der Waals surface area contributed by atoms with Gasteiger partial charge in [-0.25, -0.2) is 0 Å². The Morgan fingerprint density at radius 3 is 2.69 bits per heavy atom. The number of nitrogens with zero attached hydrogens (tertiary/aromatic N) is 1. The SMILES string of the molecule is CC(=O)OSCCN1CCCCC1. The van der Waals surface area contributed by atoms with Gasteiger partial charge < -0.3 is 9.08 Å². The van der Waals surface area contributed by atoms with Gasteiger partial charge in [0, 0.05) is 19.2 Å². The third-order valence-corrected chi connectivity index (χ3v) is 2.82. The van der Waals surface area contributed by atoms with Crippen molar-refractivity contribution in [2.45, 2.75) is 26.2 Å². The van der Waals surface area contributed by atoms with Crippen LogP contribution >= 0.6 is 12.0 Å². The van der Waals surface area contributed by atoms with Crippen molar-refractivity contribution in [3.8, 4) is 0 Å². The van der Waals surface area contributed by atoms with Gasteiger partial charge in [-0.1, -0.05) is 6.42 Å². The van der Waals surface area contributed by atoms with Crippen molar-refractivity contribution < 1.29 is 8.98 Å². The first-order valence-electron chi connectivity index (χ1n) is 4.81. The first-order valence-corrected chi connectivity index (χ1v) is 5.72. The second-order valence-electron chi connectivity index (χ2n) is 3.30. The van der Waals surface area contributed by atoms with Gasteiger partial charge >= 0.3 is 5.97 Å². The highest BCUT2D eigenvalue weighted by atomic mass is 32.2. The Balaban J connectivity index is 1.95. The zero-order valence-electron chi connectivity index (χ0n) is 8.12. The second-order valence-corrected chi connectivity index (χ2v) is 4.11. The molecule has 1 aliphatic rings. The van der Waals surface area contributed by atoms with Gasteiger partial charge in [0.1, 0.15) is 0 Å². The fourth-order valence-electron chi connectivity index (χ4n) is 1.47. The lowest BCUT2D eigenvalue weighted by Gasteiger charge is -2.25. The molecule has 4 heteroatoms. The van der Waals surface area contributed by atoms with E-state index in [0.717, 1.165) is 12.3 Å². The van der Waals surface area contributed by atoms with Crippen molar-refractivity contribution in [1.82, 2.24) is 4.90 Å². The molecule has 76 valence electrons. The average Bonchev–Trinajstić information content (AvgIpc) is 2.14. The summed E-state index contributed by atoms with van der Waals surface area (Å²) in [5, 5.41) is 0. The van der Waals surface area contributed by atoms with Crippen LogP contribution in [0.4, 0.5) is 0 Å². The Morgan fingerprint density at radius 1 is 1.38 bits per heavy atom. The molecule has 0 unspecified atom stereocenters. The molecule has 0 saturated carbocycles. The van der Waals surface area contributed by atoms with Crippen LogP contribution < -0.4 is 0 Å². The summed E-state index contributed by atoms with van der Waals surface area (Å²) in [4.78, 5) is 12.9. The fraction of sp³-hybridized carbons (Fsp3) is 0.889. The van der Waals surface area contributed by atoms with Crippen LogP contribution in [-0.2, 0) is 8.98 Å². The maximum Gasteiger partial charge on any atom is 0.314 e. The number of carbonyl (C=O) groups excluding carboxylic acids is 1. The molecule has 0 radical (unpaired) electrons. The van der Waals surface area contributed by atoms with Gasteiger partial charge in [-0.2, -0.15) is 0 Å². The summed E-state index contributed by atoms with van der Waals surface area (Å²) >= 11 is 1.26. The molecular weight excluding hydrogens is 186 g/mol. The third-order valence-electron chi connectivity index (χ3n) is 2.12. The van der Waals surface area contributed by atoms with E-state index in [1.807, 2.05) is 0 Å². The van der Waals surface area contributed by atoms with Crippen molar-refractivity contribution in [1.29, 1.82) is 0 Å². The Hall–Kier alpha value is -0.220. The number of hydrogen-bond acceptors (Lipinski definition) is 4. The lowest BCUT2D eigenvalue weighted by atomic mass is 10.1. The number of piperidine rings is 1. The van der Waals surface area contributed by atoms with Crippen LogP contribution in [0.2, 0.25) is 0 Å². The molecule has 0 atom stereocenters. The van der Waals surface area contributed by atoms with E-state index < -0.39 is 0 Å². The predicted molar refractivity (Wildman–Crippen MR) is 54.5 cm³/mol. The highest BCUT2D eigenvalue weighted by molar-refractivity contribution is 7.95. The van der Waals surface area contributed by atoms with Crippen LogP contribution in [-0.4, -0.2) is 36.3 Å². The zero-order chi connectivity index (χ0) is 9.52. The van der Waals surface area contributed by atoms with Crippen molar-refractivity contribution in [3.05, 3.63) is 0 Å². The molecular formula is C9H17NO2S. The standard InChI is InChI=1S/C9H17NO2S/c1-9(11)12-13-8-7-10-5-3-2-4-6-10/h2-8H2,1H3. The van der Waals surface area contributed by atoms with Crippen molar-refractivity contribution in [2.24, 2.45) is 0 Å². The van der Waals surface area contributed by atoms with Gasteiger partial charge in [0.25, 0.3) is 0 Å². The van der Waals surface area contributed by atoms with E-state index in [-0.39, 0.29) is 5.97 Å². The zero-order valence-corrected chi connectivity index (χ0v) is 8.94. The quantitative estimate of drug-likeness (QED) is 0.513. The first-order chi connectivity index (χ1) is 6.29. The van der Waals surface area contributed by atoms with E-state index in [1.54, 1.807) is 0 Å². The molecule has 1 saturated heterocycles. The highest BCUT2D eigenvalue weighted by Crippen LogP contribution is 2.10. The van der Waals surface area contributed by atoms with Crippen LogP contribution in [0.25, 0.3) is 0 Å². The normalized spacial score (nSPS) is 18.5. The van der Waals surface area contributed by atoms with Gasteiger partial charge in [0.2, 0.25) is 0 Å². The average molecular weight is 203 g/mol. The first kappa shape index (κ1) is 10.9. The summed E-state index contributed by atoms with van der Waals surface area (Å²) < 4.78 is 4.78. The van der Waals surface area contributed by atoms with Crippen LogP contribution in [0.5, 0.6) is 0 Å².